The van der Waals surface area contributed by atoms with Crippen LogP contribution in [0.2, 0.25) is 0 Å². The third kappa shape index (κ3) is 4.74. The summed E-state index contributed by atoms with van der Waals surface area (Å²) < 4.78 is 10.7. The van der Waals surface area contributed by atoms with Crippen LogP contribution in [0.3, 0.4) is 0 Å². The molecule has 1 aromatic heterocycles. The van der Waals surface area contributed by atoms with Crippen LogP contribution in [0.25, 0.3) is 0 Å². The highest BCUT2D eigenvalue weighted by Crippen LogP contribution is 2.34. The van der Waals surface area contributed by atoms with Crippen molar-refractivity contribution in [3.8, 4) is 11.5 Å². The Kier molecular flexibility index (Phi) is 6.18. The molecular formula is C25H23N3O5S. The molecule has 3 aromatic rings. The lowest BCUT2D eigenvalue weighted by molar-refractivity contribution is -0.121. The number of benzene rings is 2. The van der Waals surface area contributed by atoms with Crippen LogP contribution in [0.1, 0.15) is 32.9 Å². The number of thiophene rings is 1. The standard InChI is InChI=1S/C25H23N3O5S/c29-23(26-19-6-7-20-21(14-19)33-15-32-20)16-8-10-28(11-9-16)25(31)17-3-1-4-18(13-17)27-24(30)22-5-2-12-34-22/h1-7,12-14,16H,8-11,15H2,(H,26,29)(H,27,30). The van der Waals surface area contributed by atoms with Crippen LogP contribution in [0, 0.1) is 5.92 Å². The van der Waals surface area contributed by atoms with E-state index >= 15 is 0 Å². The van der Waals surface area contributed by atoms with E-state index in [1.807, 2.05) is 11.4 Å². The van der Waals surface area contributed by atoms with E-state index in [1.165, 1.54) is 11.3 Å². The molecule has 2 aliphatic heterocycles. The van der Waals surface area contributed by atoms with E-state index in [1.54, 1.807) is 53.4 Å². The van der Waals surface area contributed by atoms with Crippen LogP contribution in [0.5, 0.6) is 11.5 Å². The van der Waals surface area contributed by atoms with E-state index in [0.29, 0.717) is 59.2 Å². The highest BCUT2D eigenvalue weighted by molar-refractivity contribution is 7.12. The Bertz CT molecular complexity index is 1220. The molecule has 1 saturated heterocycles. The minimum absolute atomic E-state index is 0.0655. The average molecular weight is 478 g/mol. The normalized spacial score (nSPS) is 15.1. The summed E-state index contributed by atoms with van der Waals surface area (Å²) in [5, 5.41) is 7.61. The fourth-order valence-electron chi connectivity index (χ4n) is 4.08. The second-order valence-electron chi connectivity index (χ2n) is 8.14. The molecule has 34 heavy (non-hydrogen) atoms. The van der Waals surface area contributed by atoms with Gasteiger partial charge in [0.2, 0.25) is 12.7 Å². The summed E-state index contributed by atoms with van der Waals surface area (Å²) in [5.41, 5.74) is 1.74. The van der Waals surface area contributed by atoms with Gasteiger partial charge in [-0.25, -0.2) is 0 Å². The molecule has 1 fully saturated rings. The lowest BCUT2D eigenvalue weighted by Crippen LogP contribution is -2.41. The number of carbonyl (C=O) groups excluding carboxylic acids is 3. The van der Waals surface area contributed by atoms with Crippen molar-refractivity contribution < 1.29 is 23.9 Å². The molecule has 0 saturated carbocycles. The molecule has 9 heteroatoms. The van der Waals surface area contributed by atoms with Gasteiger partial charge in [0, 0.05) is 42.0 Å². The zero-order valence-corrected chi connectivity index (χ0v) is 19.1. The number of ether oxygens (including phenoxy) is 2. The number of amides is 3. The van der Waals surface area contributed by atoms with Gasteiger partial charge in [-0.3, -0.25) is 14.4 Å². The van der Waals surface area contributed by atoms with Crippen LogP contribution in [-0.2, 0) is 4.79 Å². The van der Waals surface area contributed by atoms with Gasteiger partial charge < -0.3 is 25.0 Å². The zero-order chi connectivity index (χ0) is 23.5. The first-order chi connectivity index (χ1) is 16.6. The SMILES string of the molecule is O=C(Nc1cccc(C(=O)N2CCC(C(=O)Nc3ccc4c(c3)OCO4)CC2)c1)c1cccs1. The van der Waals surface area contributed by atoms with E-state index in [2.05, 4.69) is 10.6 Å². The number of piperidine rings is 1. The third-order valence-corrected chi connectivity index (χ3v) is 6.77. The summed E-state index contributed by atoms with van der Waals surface area (Å²) in [6.45, 7) is 1.16. The lowest BCUT2D eigenvalue weighted by Gasteiger charge is -2.31. The maximum atomic E-state index is 13.0. The molecule has 0 radical (unpaired) electrons. The number of hydrogen-bond donors (Lipinski definition) is 2. The van der Waals surface area contributed by atoms with E-state index in [0.717, 1.165) is 0 Å². The van der Waals surface area contributed by atoms with Gasteiger partial charge in [0.15, 0.2) is 11.5 Å². The molecule has 174 valence electrons. The Morgan fingerprint density at radius 2 is 1.68 bits per heavy atom. The van der Waals surface area contributed by atoms with Gasteiger partial charge in [-0.15, -0.1) is 11.3 Å². The largest absolute Gasteiger partial charge is 0.454 e. The van der Waals surface area contributed by atoms with Gasteiger partial charge in [0.1, 0.15) is 0 Å². The van der Waals surface area contributed by atoms with Crippen molar-refractivity contribution in [1.29, 1.82) is 0 Å². The van der Waals surface area contributed by atoms with Gasteiger partial charge in [-0.05, 0) is 54.6 Å². The van der Waals surface area contributed by atoms with Crippen molar-refractivity contribution in [3.05, 3.63) is 70.4 Å². The Balaban J connectivity index is 1.16. The molecule has 3 amide bonds. The average Bonchev–Trinajstić information content (AvgIpc) is 3.56. The predicted octanol–water partition coefficient (Wildman–Crippen LogP) is 4.22. The molecule has 0 bridgehead atoms. The molecule has 0 aliphatic carbocycles. The number of likely N-dealkylation sites (tertiary alicyclic amines) is 1. The smallest absolute Gasteiger partial charge is 0.265 e. The van der Waals surface area contributed by atoms with E-state index in [4.69, 9.17) is 9.47 Å². The summed E-state index contributed by atoms with van der Waals surface area (Å²) in [6.07, 6.45) is 1.16. The molecule has 0 atom stereocenters. The second-order valence-corrected chi connectivity index (χ2v) is 9.08. The Morgan fingerprint density at radius 3 is 2.47 bits per heavy atom. The zero-order valence-electron chi connectivity index (χ0n) is 18.3. The quantitative estimate of drug-likeness (QED) is 0.574. The highest BCUT2D eigenvalue weighted by Gasteiger charge is 2.28. The molecule has 0 spiro atoms. The number of fused-ring (bicyclic) bond motifs is 1. The maximum absolute atomic E-state index is 13.0. The Hall–Kier alpha value is -3.85. The van der Waals surface area contributed by atoms with E-state index in [-0.39, 0.29) is 30.4 Å². The summed E-state index contributed by atoms with van der Waals surface area (Å²) in [4.78, 5) is 40.4. The van der Waals surface area contributed by atoms with Crippen molar-refractivity contribution >= 4 is 40.4 Å². The first-order valence-corrected chi connectivity index (χ1v) is 11.9. The molecule has 2 N–H and O–H groups in total. The monoisotopic (exact) mass is 477 g/mol. The summed E-state index contributed by atoms with van der Waals surface area (Å²) in [6, 6.07) is 15.8. The van der Waals surface area contributed by atoms with Crippen LogP contribution in [-0.4, -0.2) is 42.5 Å². The topological polar surface area (TPSA) is 97.0 Å². The van der Waals surface area contributed by atoms with Gasteiger partial charge in [-0.2, -0.15) is 0 Å². The fourth-order valence-corrected chi connectivity index (χ4v) is 4.70. The Morgan fingerprint density at radius 1 is 0.882 bits per heavy atom. The van der Waals surface area contributed by atoms with Crippen molar-refractivity contribution in [2.75, 3.05) is 30.5 Å². The van der Waals surface area contributed by atoms with Gasteiger partial charge in [0.05, 0.1) is 4.88 Å². The summed E-state index contributed by atoms with van der Waals surface area (Å²) in [7, 11) is 0. The summed E-state index contributed by atoms with van der Waals surface area (Å²) >= 11 is 1.36. The van der Waals surface area contributed by atoms with Crippen molar-refractivity contribution in [2.45, 2.75) is 12.8 Å². The van der Waals surface area contributed by atoms with Crippen LogP contribution in [0.15, 0.2) is 60.0 Å². The molecule has 3 heterocycles. The minimum atomic E-state index is -0.200. The molecule has 2 aliphatic rings. The highest BCUT2D eigenvalue weighted by atomic mass is 32.1. The minimum Gasteiger partial charge on any atom is -0.454 e. The lowest BCUT2D eigenvalue weighted by atomic mass is 9.95. The van der Waals surface area contributed by atoms with Gasteiger partial charge in [-0.1, -0.05) is 12.1 Å². The Labute approximate surface area is 200 Å². The first-order valence-electron chi connectivity index (χ1n) is 11.0. The predicted molar refractivity (Wildman–Crippen MR) is 129 cm³/mol. The van der Waals surface area contributed by atoms with Crippen LogP contribution >= 0.6 is 11.3 Å². The summed E-state index contributed by atoms with van der Waals surface area (Å²) in [5.74, 6) is 0.734. The molecule has 0 unspecified atom stereocenters. The number of rotatable bonds is 5. The van der Waals surface area contributed by atoms with Crippen molar-refractivity contribution in [3.63, 3.8) is 0 Å². The van der Waals surface area contributed by atoms with Crippen molar-refractivity contribution in [1.82, 2.24) is 4.90 Å². The number of carbonyl (C=O) groups is 3. The molecular weight excluding hydrogens is 454 g/mol. The van der Waals surface area contributed by atoms with Gasteiger partial charge in [0.25, 0.3) is 11.8 Å². The number of nitrogens with one attached hydrogen (secondary N) is 2. The maximum Gasteiger partial charge on any atom is 0.265 e. The number of hydrogen-bond acceptors (Lipinski definition) is 6. The van der Waals surface area contributed by atoms with Crippen LogP contribution in [0.4, 0.5) is 11.4 Å². The fraction of sp³-hybridized carbons (Fsp3) is 0.240. The first kappa shape index (κ1) is 22.0. The molecule has 5 rings (SSSR count). The van der Waals surface area contributed by atoms with E-state index < -0.39 is 0 Å². The van der Waals surface area contributed by atoms with E-state index in [9.17, 15) is 14.4 Å². The van der Waals surface area contributed by atoms with Crippen LogP contribution < -0.4 is 20.1 Å². The molecule has 2 aromatic carbocycles. The number of nitrogens with zero attached hydrogens (tertiary/aromatic N) is 1. The van der Waals surface area contributed by atoms with Crippen molar-refractivity contribution in [2.24, 2.45) is 5.92 Å². The van der Waals surface area contributed by atoms with Gasteiger partial charge >= 0.3 is 0 Å². The molecule has 8 nitrogen and oxygen atoms in total. The number of anilines is 2. The second kappa shape index (κ2) is 9.56. The third-order valence-electron chi connectivity index (χ3n) is 5.91.